The van der Waals surface area contributed by atoms with Gasteiger partial charge >= 0.3 is 0 Å². The Morgan fingerprint density at radius 1 is 1.18 bits per heavy atom. The maximum Gasteiger partial charge on any atom is 0.258 e. The maximum absolute atomic E-state index is 5.39. The molecule has 0 unspecified atom stereocenters. The molecule has 2 heterocycles. The lowest BCUT2D eigenvalue weighted by Crippen LogP contribution is -2.15. The van der Waals surface area contributed by atoms with Crippen LogP contribution in [-0.4, -0.2) is 30.5 Å². The molecular formula is C17H24N2O3. The van der Waals surface area contributed by atoms with Crippen LogP contribution in [0.3, 0.4) is 0 Å². The third-order valence-corrected chi connectivity index (χ3v) is 3.68. The number of methoxy groups -OCH3 is 1. The molecule has 1 aliphatic rings. The smallest absolute Gasteiger partial charge is 0.258 e. The Morgan fingerprint density at radius 3 is 2.59 bits per heavy atom. The predicted octanol–water partition coefficient (Wildman–Crippen LogP) is 3.97. The average molecular weight is 304 g/mol. The quantitative estimate of drug-likeness (QED) is 0.858. The SMILES string of the molecule is CC.COc1cc(-c2nc(C3CCOCC3)no2)ccc1C. The molecule has 1 saturated heterocycles. The molecule has 1 aromatic carbocycles. The highest BCUT2D eigenvalue weighted by Crippen LogP contribution is 2.29. The second kappa shape index (κ2) is 7.94. The number of rotatable bonds is 3. The number of aryl methyl sites for hydroxylation is 1. The largest absolute Gasteiger partial charge is 0.496 e. The van der Waals surface area contributed by atoms with Gasteiger partial charge in [0.2, 0.25) is 0 Å². The lowest BCUT2D eigenvalue weighted by molar-refractivity contribution is 0.0830. The first kappa shape index (κ1) is 16.5. The van der Waals surface area contributed by atoms with Crippen LogP contribution in [0.4, 0.5) is 0 Å². The van der Waals surface area contributed by atoms with E-state index in [9.17, 15) is 0 Å². The fraction of sp³-hybridized carbons (Fsp3) is 0.529. The summed E-state index contributed by atoms with van der Waals surface area (Å²) in [5, 5.41) is 4.11. The van der Waals surface area contributed by atoms with E-state index in [1.54, 1.807) is 7.11 Å². The summed E-state index contributed by atoms with van der Waals surface area (Å²) in [5.74, 6) is 2.49. The molecule has 0 saturated carbocycles. The summed E-state index contributed by atoms with van der Waals surface area (Å²) in [6.45, 7) is 7.55. The number of benzene rings is 1. The van der Waals surface area contributed by atoms with Crippen LogP contribution in [0.5, 0.6) is 5.75 Å². The third-order valence-electron chi connectivity index (χ3n) is 3.68. The van der Waals surface area contributed by atoms with Crippen molar-refractivity contribution >= 4 is 0 Å². The second-order valence-electron chi connectivity index (χ2n) is 5.03. The van der Waals surface area contributed by atoms with E-state index < -0.39 is 0 Å². The summed E-state index contributed by atoms with van der Waals surface area (Å²) in [7, 11) is 1.66. The molecule has 1 aliphatic heterocycles. The van der Waals surface area contributed by atoms with Gasteiger partial charge in [-0.15, -0.1) is 0 Å². The fourth-order valence-electron chi connectivity index (χ4n) is 2.43. The van der Waals surface area contributed by atoms with Crippen molar-refractivity contribution in [3.63, 3.8) is 0 Å². The van der Waals surface area contributed by atoms with E-state index in [0.717, 1.165) is 48.8 Å². The van der Waals surface area contributed by atoms with Gasteiger partial charge < -0.3 is 14.0 Å². The third kappa shape index (κ3) is 3.65. The second-order valence-corrected chi connectivity index (χ2v) is 5.03. The Hall–Kier alpha value is -1.88. The lowest BCUT2D eigenvalue weighted by atomic mass is 10.00. The maximum atomic E-state index is 5.39. The molecule has 1 fully saturated rings. The van der Waals surface area contributed by atoms with Gasteiger partial charge in [0.1, 0.15) is 5.75 Å². The van der Waals surface area contributed by atoms with Crippen LogP contribution in [-0.2, 0) is 4.74 Å². The molecular weight excluding hydrogens is 280 g/mol. The first-order valence-electron chi connectivity index (χ1n) is 7.84. The van der Waals surface area contributed by atoms with E-state index in [4.69, 9.17) is 14.0 Å². The Labute approximate surface area is 131 Å². The van der Waals surface area contributed by atoms with Crippen LogP contribution < -0.4 is 4.74 Å². The van der Waals surface area contributed by atoms with E-state index in [2.05, 4.69) is 10.1 Å². The lowest BCUT2D eigenvalue weighted by Gasteiger charge is -2.18. The highest BCUT2D eigenvalue weighted by molar-refractivity contribution is 5.57. The summed E-state index contributed by atoms with van der Waals surface area (Å²) >= 11 is 0. The normalized spacial score (nSPS) is 15.1. The van der Waals surface area contributed by atoms with Crippen molar-refractivity contribution in [3.05, 3.63) is 29.6 Å². The number of hydrogen-bond acceptors (Lipinski definition) is 5. The summed E-state index contributed by atoms with van der Waals surface area (Å²) in [4.78, 5) is 4.52. The highest BCUT2D eigenvalue weighted by Gasteiger charge is 2.21. The first-order chi connectivity index (χ1) is 10.8. The summed E-state index contributed by atoms with van der Waals surface area (Å²) in [6.07, 6.45) is 1.91. The standard InChI is InChI=1S/C15H18N2O3.C2H6/c1-10-3-4-12(9-13(10)18-2)15-16-14(17-20-15)11-5-7-19-8-6-11;1-2/h3-4,9,11H,5-8H2,1-2H3;1-2H3. The Bertz CT molecular complexity index is 589. The van der Waals surface area contributed by atoms with Crippen LogP contribution in [0.25, 0.3) is 11.5 Å². The molecule has 22 heavy (non-hydrogen) atoms. The first-order valence-corrected chi connectivity index (χ1v) is 7.84. The topological polar surface area (TPSA) is 57.4 Å². The summed E-state index contributed by atoms with van der Waals surface area (Å²) in [5.41, 5.74) is 1.97. The number of ether oxygens (including phenoxy) is 2. The van der Waals surface area contributed by atoms with E-state index in [-0.39, 0.29) is 0 Å². The molecule has 0 spiro atoms. The predicted molar refractivity (Wildman–Crippen MR) is 85.2 cm³/mol. The monoisotopic (exact) mass is 304 g/mol. The molecule has 0 bridgehead atoms. The minimum Gasteiger partial charge on any atom is -0.496 e. The summed E-state index contributed by atoms with van der Waals surface area (Å²) < 4.78 is 16.1. The van der Waals surface area contributed by atoms with Gasteiger partial charge in [-0.1, -0.05) is 25.1 Å². The van der Waals surface area contributed by atoms with Crippen LogP contribution in [0.15, 0.2) is 22.7 Å². The van der Waals surface area contributed by atoms with Crippen molar-refractivity contribution in [2.45, 2.75) is 39.5 Å². The van der Waals surface area contributed by atoms with Crippen molar-refractivity contribution in [2.24, 2.45) is 0 Å². The Balaban J connectivity index is 0.000000847. The van der Waals surface area contributed by atoms with Gasteiger partial charge in [-0.25, -0.2) is 0 Å². The van der Waals surface area contributed by atoms with Crippen LogP contribution >= 0.6 is 0 Å². The molecule has 3 rings (SSSR count). The van der Waals surface area contributed by atoms with E-state index in [1.165, 1.54) is 0 Å². The molecule has 1 aromatic heterocycles. The molecule has 5 nitrogen and oxygen atoms in total. The van der Waals surface area contributed by atoms with Crippen molar-refractivity contribution in [1.82, 2.24) is 10.1 Å². The van der Waals surface area contributed by atoms with Gasteiger partial charge in [-0.2, -0.15) is 4.98 Å². The van der Waals surface area contributed by atoms with Gasteiger partial charge in [0, 0.05) is 24.7 Å². The Morgan fingerprint density at radius 2 is 1.91 bits per heavy atom. The van der Waals surface area contributed by atoms with Gasteiger partial charge in [0.25, 0.3) is 5.89 Å². The van der Waals surface area contributed by atoms with E-state index >= 15 is 0 Å². The number of aromatic nitrogens is 2. The van der Waals surface area contributed by atoms with Crippen molar-refractivity contribution in [3.8, 4) is 17.2 Å². The molecule has 5 heteroatoms. The minimum atomic E-state index is 0.341. The fourth-order valence-corrected chi connectivity index (χ4v) is 2.43. The average Bonchev–Trinajstić information content (AvgIpc) is 3.08. The number of hydrogen-bond donors (Lipinski definition) is 0. The molecule has 0 aliphatic carbocycles. The van der Waals surface area contributed by atoms with Crippen LogP contribution in [0, 0.1) is 6.92 Å². The van der Waals surface area contributed by atoms with Gasteiger partial charge in [0.15, 0.2) is 5.82 Å². The van der Waals surface area contributed by atoms with E-state index in [1.807, 2.05) is 39.0 Å². The van der Waals surface area contributed by atoms with Crippen molar-refractivity contribution in [1.29, 1.82) is 0 Å². The molecule has 0 amide bonds. The zero-order chi connectivity index (χ0) is 15.9. The zero-order valence-electron chi connectivity index (χ0n) is 13.8. The molecule has 0 atom stereocenters. The van der Waals surface area contributed by atoms with Gasteiger partial charge in [0.05, 0.1) is 7.11 Å². The Kier molecular flexibility index (Phi) is 5.95. The molecule has 2 aromatic rings. The highest BCUT2D eigenvalue weighted by atomic mass is 16.5. The van der Waals surface area contributed by atoms with Crippen molar-refractivity contribution in [2.75, 3.05) is 20.3 Å². The molecule has 120 valence electrons. The van der Waals surface area contributed by atoms with Crippen LogP contribution in [0.1, 0.15) is 44.0 Å². The molecule has 0 radical (unpaired) electrons. The minimum absolute atomic E-state index is 0.341. The van der Waals surface area contributed by atoms with Gasteiger partial charge in [-0.05, 0) is 37.5 Å². The van der Waals surface area contributed by atoms with Gasteiger partial charge in [-0.3, -0.25) is 0 Å². The van der Waals surface area contributed by atoms with E-state index in [0.29, 0.717) is 11.8 Å². The summed E-state index contributed by atoms with van der Waals surface area (Å²) in [6, 6.07) is 5.89. The van der Waals surface area contributed by atoms with Crippen molar-refractivity contribution < 1.29 is 14.0 Å². The number of nitrogens with zero attached hydrogens (tertiary/aromatic N) is 2. The van der Waals surface area contributed by atoms with Crippen LogP contribution in [0.2, 0.25) is 0 Å². The zero-order valence-corrected chi connectivity index (χ0v) is 13.8. The molecule has 0 N–H and O–H groups in total.